The predicted octanol–water partition coefficient (Wildman–Crippen LogP) is 4.45. The monoisotopic (exact) mass is 440 g/mol. The van der Waals surface area contributed by atoms with Gasteiger partial charge in [-0.05, 0) is 73.0 Å². The summed E-state index contributed by atoms with van der Waals surface area (Å²) in [7, 11) is 1.48. The summed E-state index contributed by atoms with van der Waals surface area (Å²) in [5, 5.41) is 12.5. The molecule has 0 bridgehead atoms. The number of hydrogen-bond acceptors (Lipinski definition) is 6. The number of carboxylic acid groups (broad SMARTS) is 1. The van der Waals surface area contributed by atoms with Gasteiger partial charge in [0.05, 0.1) is 17.7 Å². The molecule has 2 N–H and O–H groups in total. The fourth-order valence-corrected chi connectivity index (χ4v) is 3.77. The molecule has 1 aliphatic rings. The molecule has 1 saturated heterocycles. The number of benzene rings is 2. The molecule has 1 aliphatic heterocycles. The Morgan fingerprint density at radius 2 is 2.03 bits per heavy atom. The smallest absolute Gasteiger partial charge is 0.344 e. The van der Waals surface area contributed by atoms with Crippen LogP contribution in [0.1, 0.15) is 30.0 Å². The number of ether oxygens (including phenoxy) is 2. The van der Waals surface area contributed by atoms with E-state index in [-0.39, 0.29) is 5.91 Å². The van der Waals surface area contributed by atoms with Crippen molar-refractivity contribution in [1.29, 1.82) is 0 Å². The van der Waals surface area contributed by atoms with E-state index in [0.29, 0.717) is 28.0 Å². The van der Waals surface area contributed by atoms with E-state index in [1.165, 1.54) is 18.9 Å². The molecule has 1 unspecified atom stereocenters. The van der Waals surface area contributed by atoms with Crippen molar-refractivity contribution in [2.75, 3.05) is 7.11 Å². The van der Waals surface area contributed by atoms with Crippen LogP contribution in [0, 0.1) is 13.8 Å². The Labute approximate surface area is 185 Å². The molecule has 1 amide bonds. The maximum absolute atomic E-state index is 12.4. The second-order valence-electron chi connectivity index (χ2n) is 6.96. The van der Waals surface area contributed by atoms with Crippen LogP contribution in [0.4, 0.5) is 5.69 Å². The Morgan fingerprint density at radius 3 is 2.71 bits per heavy atom. The number of aliphatic imine (C=N–C) groups is 1. The standard InChI is InChI=1S/C23H24N2O5S/c1-5-17(22(27)28)30-18-10-9-15(11-19(18)29-4)12-20-21(26)25-23(31-20)24-16-8-6-7-13(2)14(16)3/h6-12,17H,5H2,1-4H3,(H,27,28)(H,24,25,26)/b20-12+. The number of rotatable bonds is 7. The molecule has 1 heterocycles. The normalized spacial score (nSPS) is 17.0. The average molecular weight is 441 g/mol. The van der Waals surface area contributed by atoms with Crippen LogP contribution in [0.2, 0.25) is 0 Å². The molecule has 162 valence electrons. The second-order valence-corrected chi connectivity index (χ2v) is 7.99. The number of methoxy groups -OCH3 is 1. The Hall–Kier alpha value is -3.26. The van der Waals surface area contributed by atoms with Crippen LogP contribution in [0.5, 0.6) is 11.5 Å². The van der Waals surface area contributed by atoms with Gasteiger partial charge in [-0.25, -0.2) is 9.79 Å². The summed E-state index contributed by atoms with van der Waals surface area (Å²) in [6.07, 6.45) is 1.09. The molecule has 1 atom stereocenters. The Balaban J connectivity index is 1.83. The van der Waals surface area contributed by atoms with Gasteiger partial charge in [0.1, 0.15) is 0 Å². The third kappa shape index (κ3) is 5.27. The number of thioether (sulfide) groups is 1. The first-order valence-corrected chi connectivity index (χ1v) is 10.6. The van der Waals surface area contributed by atoms with E-state index < -0.39 is 12.1 Å². The molecule has 2 aromatic rings. The highest BCUT2D eigenvalue weighted by molar-refractivity contribution is 8.18. The van der Waals surface area contributed by atoms with Crippen molar-refractivity contribution in [3.05, 3.63) is 58.0 Å². The van der Waals surface area contributed by atoms with E-state index >= 15 is 0 Å². The number of carbonyl (C=O) groups excluding carboxylic acids is 1. The SMILES string of the molecule is CCC(Oc1ccc(/C=C2/SC(=Nc3cccc(C)c3C)NC2=O)cc1OC)C(=O)O. The maximum atomic E-state index is 12.4. The second kappa shape index (κ2) is 9.70. The number of hydrogen-bond donors (Lipinski definition) is 2. The van der Waals surface area contributed by atoms with Crippen LogP contribution >= 0.6 is 11.8 Å². The topological polar surface area (TPSA) is 97.2 Å². The highest BCUT2D eigenvalue weighted by Gasteiger charge is 2.24. The lowest BCUT2D eigenvalue weighted by atomic mass is 10.1. The zero-order valence-corrected chi connectivity index (χ0v) is 18.6. The number of carboxylic acids is 1. The van der Waals surface area contributed by atoms with Crippen molar-refractivity contribution in [3.8, 4) is 11.5 Å². The molecule has 0 aromatic heterocycles. The number of aryl methyl sites for hydroxylation is 1. The van der Waals surface area contributed by atoms with Crippen LogP contribution in [0.25, 0.3) is 6.08 Å². The molecule has 3 rings (SSSR count). The van der Waals surface area contributed by atoms with Gasteiger partial charge >= 0.3 is 5.97 Å². The lowest BCUT2D eigenvalue weighted by Gasteiger charge is -2.16. The minimum atomic E-state index is -1.04. The fraction of sp³-hybridized carbons (Fsp3) is 0.261. The van der Waals surface area contributed by atoms with Gasteiger partial charge in [-0.15, -0.1) is 0 Å². The molecule has 0 aliphatic carbocycles. The Kier molecular flexibility index (Phi) is 7.02. The Bertz CT molecular complexity index is 1080. The highest BCUT2D eigenvalue weighted by Crippen LogP contribution is 2.33. The molecular weight excluding hydrogens is 416 g/mol. The number of nitrogens with one attached hydrogen (secondary N) is 1. The minimum Gasteiger partial charge on any atom is -0.493 e. The lowest BCUT2D eigenvalue weighted by Crippen LogP contribution is -2.26. The lowest BCUT2D eigenvalue weighted by molar-refractivity contribution is -0.145. The van der Waals surface area contributed by atoms with E-state index in [2.05, 4.69) is 10.3 Å². The van der Waals surface area contributed by atoms with Crippen molar-refractivity contribution < 1.29 is 24.2 Å². The molecule has 0 saturated carbocycles. The van der Waals surface area contributed by atoms with Crippen molar-refractivity contribution in [2.24, 2.45) is 4.99 Å². The third-order valence-electron chi connectivity index (χ3n) is 4.85. The maximum Gasteiger partial charge on any atom is 0.344 e. The van der Waals surface area contributed by atoms with Crippen LogP contribution < -0.4 is 14.8 Å². The first-order valence-electron chi connectivity index (χ1n) is 9.75. The highest BCUT2D eigenvalue weighted by atomic mass is 32.2. The van der Waals surface area contributed by atoms with Gasteiger partial charge in [0.25, 0.3) is 5.91 Å². The van der Waals surface area contributed by atoms with Crippen molar-refractivity contribution in [3.63, 3.8) is 0 Å². The van der Waals surface area contributed by atoms with Gasteiger partial charge in [0.15, 0.2) is 22.8 Å². The third-order valence-corrected chi connectivity index (χ3v) is 5.76. The van der Waals surface area contributed by atoms with Crippen LogP contribution in [0.3, 0.4) is 0 Å². The zero-order chi connectivity index (χ0) is 22.5. The summed E-state index contributed by atoms with van der Waals surface area (Å²) < 4.78 is 10.9. The van der Waals surface area contributed by atoms with Crippen LogP contribution in [-0.2, 0) is 9.59 Å². The summed E-state index contributed by atoms with van der Waals surface area (Å²) in [6.45, 7) is 5.75. The van der Waals surface area contributed by atoms with E-state index in [4.69, 9.17) is 9.47 Å². The summed E-state index contributed by atoms with van der Waals surface area (Å²) in [5.41, 5.74) is 3.73. The zero-order valence-electron chi connectivity index (χ0n) is 17.8. The van der Waals surface area contributed by atoms with Gasteiger partial charge < -0.3 is 19.9 Å². The first kappa shape index (κ1) is 22.4. The molecule has 0 radical (unpaired) electrons. The summed E-state index contributed by atoms with van der Waals surface area (Å²) >= 11 is 1.26. The molecule has 7 nitrogen and oxygen atoms in total. The van der Waals surface area contributed by atoms with E-state index in [1.54, 1.807) is 31.2 Å². The number of aliphatic carboxylic acids is 1. The van der Waals surface area contributed by atoms with Gasteiger partial charge in [-0.3, -0.25) is 4.79 Å². The first-order chi connectivity index (χ1) is 14.8. The number of amidine groups is 1. The van der Waals surface area contributed by atoms with Gasteiger partial charge in [0, 0.05) is 0 Å². The molecule has 8 heteroatoms. The molecule has 0 spiro atoms. The molecule has 1 fully saturated rings. The largest absolute Gasteiger partial charge is 0.493 e. The average Bonchev–Trinajstić information content (AvgIpc) is 3.08. The van der Waals surface area contributed by atoms with E-state index in [0.717, 1.165) is 22.4 Å². The van der Waals surface area contributed by atoms with Crippen molar-refractivity contribution >= 4 is 40.6 Å². The minimum absolute atomic E-state index is 0.231. The number of amides is 1. The van der Waals surface area contributed by atoms with Crippen molar-refractivity contribution in [2.45, 2.75) is 33.3 Å². The number of nitrogens with zero attached hydrogens (tertiary/aromatic N) is 1. The fourth-order valence-electron chi connectivity index (χ4n) is 2.93. The van der Waals surface area contributed by atoms with E-state index in [9.17, 15) is 14.7 Å². The van der Waals surface area contributed by atoms with Crippen LogP contribution in [0.15, 0.2) is 46.3 Å². The van der Waals surface area contributed by atoms with E-state index in [1.807, 2.05) is 32.0 Å². The van der Waals surface area contributed by atoms with Gasteiger partial charge in [0.2, 0.25) is 0 Å². The molecular formula is C23H24N2O5S. The van der Waals surface area contributed by atoms with Gasteiger partial charge in [-0.1, -0.05) is 25.1 Å². The molecule has 31 heavy (non-hydrogen) atoms. The predicted molar refractivity (Wildman–Crippen MR) is 122 cm³/mol. The number of carbonyl (C=O) groups is 2. The summed E-state index contributed by atoms with van der Waals surface area (Å²) in [4.78, 5) is 28.7. The molecule has 2 aromatic carbocycles. The summed E-state index contributed by atoms with van der Waals surface area (Å²) in [5.74, 6) is -0.544. The van der Waals surface area contributed by atoms with Crippen LogP contribution in [-0.4, -0.2) is 35.4 Å². The Morgan fingerprint density at radius 1 is 1.26 bits per heavy atom. The summed E-state index contributed by atoms with van der Waals surface area (Å²) in [6, 6.07) is 10.9. The van der Waals surface area contributed by atoms with Crippen molar-refractivity contribution in [1.82, 2.24) is 5.32 Å². The van der Waals surface area contributed by atoms with Gasteiger partial charge in [-0.2, -0.15) is 0 Å². The quantitative estimate of drug-likeness (QED) is 0.618.